The first-order valence-corrected chi connectivity index (χ1v) is 24.9. The second-order valence-corrected chi connectivity index (χ2v) is 18.5. The van der Waals surface area contributed by atoms with Crippen molar-refractivity contribution in [2.24, 2.45) is 0 Å². The molecule has 2 N–H and O–H groups in total. The van der Waals surface area contributed by atoms with Crippen molar-refractivity contribution in [3.63, 3.8) is 0 Å². The highest BCUT2D eigenvalue weighted by atomic mass is 31.2. The summed E-state index contributed by atoms with van der Waals surface area (Å²) in [6, 6.07) is -0.795. The number of likely N-dealkylation sites (N-methyl/N-ethyl adjacent to an activating group) is 1. The third-order valence-electron chi connectivity index (χ3n) is 10.3. The number of phosphoric ester groups is 1. The van der Waals surface area contributed by atoms with Crippen molar-refractivity contribution in [3.8, 4) is 0 Å². The molecule has 9 heteroatoms. The Labute approximate surface area is 352 Å². The summed E-state index contributed by atoms with van der Waals surface area (Å²) in [6.07, 6.45) is 50.6. The number of aliphatic hydroxyl groups excluding tert-OH is 1. The highest BCUT2D eigenvalue weighted by Crippen LogP contribution is 2.38. The van der Waals surface area contributed by atoms with Crippen LogP contribution >= 0.6 is 7.82 Å². The smallest absolute Gasteiger partial charge is 0.268 e. The topological polar surface area (TPSA) is 108 Å². The van der Waals surface area contributed by atoms with E-state index >= 15 is 0 Å². The van der Waals surface area contributed by atoms with E-state index in [1.165, 1.54) is 103 Å². The van der Waals surface area contributed by atoms with Crippen molar-refractivity contribution in [3.05, 3.63) is 48.6 Å². The van der Waals surface area contributed by atoms with Crippen molar-refractivity contribution in [1.29, 1.82) is 0 Å². The Balaban J connectivity index is 3.81. The Morgan fingerprint density at radius 2 is 1.07 bits per heavy atom. The minimum atomic E-state index is -4.54. The summed E-state index contributed by atoms with van der Waals surface area (Å²) >= 11 is 0. The Bertz CT molecular complexity index is 1070. The molecule has 0 aromatic heterocycles. The number of unbranched alkanes of at least 4 members (excludes halogenated alkanes) is 21. The lowest BCUT2D eigenvalue weighted by molar-refractivity contribution is -0.870. The van der Waals surface area contributed by atoms with Gasteiger partial charge in [0.15, 0.2) is 0 Å². The second-order valence-electron chi connectivity index (χ2n) is 17.1. The van der Waals surface area contributed by atoms with Gasteiger partial charge in [-0.2, -0.15) is 0 Å². The number of aliphatic hydroxyl groups is 1. The molecule has 334 valence electrons. The van der Waals surface area contributed by atoms with Crippen molar-refractivity contribution < 1.29 is 32.9 Å². The molecule has 0 aliphatic rings. The zero-order valence-electron chi connectivity index (χ0n) is 37.8. The molecule has 0 aromatic rings. The van der Waals surface area contributed by atoms with E-state index in [4.69, 9.17) is 9.05 Å². The second kappa shape index (κ2) is 39.9. The minimum Gasteiger partial charge on any atom is -0.756 e. The van der Waals surface area contributed by atoms with Gasteiger partial charge in [-0.15, -0.1) is 0 Å². The predicted molar refractivity (Wildman–Crippen MR) is 242 cm³/mol. The molecule has 3 unspecified atom stereocenters. The molecule has 0 radical (unpaired) electrons. The molecule has 0 saturated heterocycles. The molecular formula is C48H91N2O6P. The normalized spacial score (nSPS) is 14.7. The van der Waals surface area contributed by atoms with Crippen LogP contribution in [0.3, 0.4) is 0 Å². The maximum Gasteiger partial charge on any atom is 0.268 e. The first kappa shape index (κ1) is 55.5. The molecule has 0 heterocycles. The number of carbonyl (C=O) groups excluding carboxylic acids is 1. The van der Waals surface area contributed by atoms with Crippen LogP contribution in [0, 0.1) is 0 Å². The number of phosphoric acid groups is 1. The van der Waals surface area contributed by atoms with E-state index in [0.29, 0.717) is 23.9 Å². The maximum atomic E-state index is 12.7. The molecule has 0 aliphatic carbocycles. The van der Waals surface area contributed by atoms with Gasteiger partial charge in [0.1, 0.15) is 13.2 Å². The summed E-state index contributed by atoms with van der Waals surface area (Å²) in [5.74, 6) is -0.174. The molecule has 1 amide bonds. The predicted octanol–water partition coefficient (Wildman–Crippen LogP) is 12.6. The summed E-state index contributed by atoms with van der Waals surface area (Å²) in [5.41, 5.74) is 0. The van der Waals surface area contributed by atoms with Crippen LogP contribution in [0.1, 0.15) is 200 Å². The number of rotatable bonds is 42. The maximum absolute atomic E-state index is 12.7. The van der Waals surface area contributed by atoms with Crippen LogP contribution in [0.5, 0.6) is 0 Å². The van der Waals surface area contributed by atoms with Crippen LogP contribution in [0.15, 0.2) is 48.6 Å². The summed E-state index contributed by atoms with van der Waals surface area (Å²) in [5, 5.41) is 13.6. The van der Waals surface area contributed by atoms with Crippen LogP contribution in [0.2, 0.25) is 0 Å². The van der Waals surface area contributed by atoms with E-state index in [1.54, 1.807) is 0 Å². The average Bonchev–Trinajstić information content (AvgIpc) is 3.16. The third kappa shape index (κ3) is 42.4. The molecule has 0 aromatic carbocycles. The van der Waals surface area contributed by atoms with Crippen molar-refractivity contribution in [1.82, 2.24) is 5.32 Å². The van der Waals surface area contributed by atoms with Crippen LogP contribution in [0.25, 0.3) is 0 Å². The fourth-order valence-electron chi connectivity index (χ4n) is 6.62. The number of nitrogens with one attached hydrogen (secondary N) is 1. The summed E-state index contributed by atoms with van der Waals surface area (Å²) in [7, 11) is 1.30. The first-order valence-electron chi connectivity index (χ1n) is 23.5. The summed E-state index contributed by atoms with van der Waals surface area (Å²) < 4.78 is 23.0. The summed E-state index contributed by atoms with van der Waals surface area (Å²) in [4.78, 5) is 25.1. The highest BCUT2D eigenvalue weighted by Gasteiger charge is 2.24. The van der Waals surface area contributed by atoms with Gasteiger partial charge in [0.25, 0.3) is 7.82 Å². The van der Waals surface area contributed by atoms with E-state index in [0.717, 1.165) is 70.6 Å². The van der Waals surface area contributed by atoms with Crippen molar-refractivity contribution in [2.75, 3.05) is 40.9 Å². The molecule has 0 aliphatic heterocycles. The molecule has 57 heavy (non-hydrogen) atoms. The van der Waals surface area contributed by atoms with Gasteiger partial charge in [-0.05, 0) is 51.4 Å². The third-order valence-corrected chi connectivity index (χ3v) is 11.3. The SMILES string of the molecule is CC/C=C\C/C=C\C/C=C\C/C=C\CCCCCCCCCCCCCCCCCCCCC(=O)NC(COP(=O)([O-])OCC[N+](C)(C)C)C(O)CCCCCC. The number of hydrogen-bond acceptors (Lipinski definition) is 6. The van der Waals surface area contributed by atoms with E-state index in [2.05, 4.69) is 67.8 Å². The van der Waals surface area contributed by atoms with E-state index < -0.39 is 20.0 Å². The zero-order valence-corrected chi connectivity index (χ0v) is 38.7. The molecule has 8 nitrogen and oxygen atoms in total. The lowest BCUT2D eigenvalue weighted by atomic mass is 10.0. The fourth-order valence-corrected chi connectivity index (χ4v) is 7.34. The molecule has 0 saturated carbocycles. The number of quaternary nitrogens is 1. The van der Waals surface area contributed by atoms with Gasteiger partial charge < -0.3 is 28.8 Å². The van der Waals surface area contributed by atoms with Gasteiger partial charge in [0.2, 0.25) is 5.91 Å². The Kier molecular flexibility index (Phi) is 38.8. The Hall–Kier alpha value is -1.54. The Morgan fingerprint density at radius 3 is 1.54 bits per heavy atom. The van der Waals surface area contributed by atoms with Gasteiger partial charge in [-0.1, -0.05) is 191 Å². The van der Waals surface area contributed by atoms with E-state index in [-0.39, 0.29) is 19.1 Å². The molecule has 0 spiro atoms. The molecule has 0 rings (SSSR count). The van der Waals surface area contributed by atoms with Gasteiger partial charge in [0, 0.05) is 6.42 Å². The molecule has 0 fully saturated rings. The van der Waals surface area contributed by atoms with Gasteiger partial charge in [-0.25, -0.2) is 0 Å². The number of carbonyl (C=O) groups is 1. The molecular weight excluding hydrogens is 732 g/mol. The average molecular weight is 823 g/mol. The fraction of sp³-hybridized carbons (Fsp3) is 0.812. The van der Waals surface area contributed by atoms with E-state index in [9.17, 15) is 19.4 Å². The lowest BCUT2D eigenvalue weighted by Crippen LogP contribution is -2.46. The van der Waals surface area contributed by atoms with Crippen LogP contribution in [-0.2, 0) is 18.4 Å². The van der Waals surface area contributed by atoms with Crippen molar-refractivity contribution in [2.45, 2.75) is 212 Å². The number of hydrogen-bond donors (Lipinski definition) is 2. The van der Waals surface area contributed by atoms with Crippen molar-refractivity contribution >= 4 is 13.7 Å². The molecule has 0 bridgehead atoms. The van der Waals surface area contributed by atoms with Gasteiger partial charge in [-0.3, -0.25) is 9.36 Å². The quantitative estimate of drug-likeness (QED) is 0.0275. The van der Waals surface area contributed by atoms with Crippen LogP contribution in [-0.4, -0.2) is 68.5 Å². The summed E-state index contributed by atoms with van der Waals surface area (Å²) in [6.45, 7) is 4.48. The largest absolute Gasteiger partial charge is 0.756 e. The number of allylic oxidation sites excluding steroid dienone is 8. The zero-order chi connectivity index (χ0) is 42.1. The van der Waals surface area contributed by atoms with E-state index in [1.807, 2.05) is 21.1 Å². The lowest BCUT2D eigenvalue weighted by Gasteiger charge is -2.30. The standard InChI is InChI=1S/C48H91N2O6P/c1-6-8-10-12-13-14-15-16-17-18-19-20-21-22-23-24-25-26-27-28-29-30-31-32-33-34-35-36-37-38-40-42-48(52)49-46(47(51)41-39-11-9-7-2)45-56-57(53,54)55-44-43-50(3,4)5/h8,10,13-14,16-17,19-20,46-47,51H,6-7,9,11-12,15,18,21-45H2,1-5H3,(H-,49,52,53,54)/b10-8-,14-13-,17-16-,20-19-. The number of amides is 1. The monoisotopic (exact) mass is 823 g/mol. The van der Waals surface area contributed by atoms with Gasteiger partial charge >= 0.3 is 0 Å². The minimum absolute atomic E-state index is 0.0109. The van der Waals surface area contributed by atoms with Crippen LogP contribution in [0.4, 0.5) is 0 Å². The highest BCUT2D eigenvalue weighted by molar-refractivity contribution is 7.45. The Morgan fingerprint density at radius 1 is 0.632 bits per heavy atom. The van der Waals surface area contributed by atoms with Crippen LogP contribution < -0.4 is 10.2 Å². The molecule has 3 atom stereocenters. The van der Waals surface area contributed by atoms with Gasteiger partial charge in [0.05, 0.1) is 39.9 Å². The first-order chi connectivity index (χ1) is 27.5. The number of nitrogens with zero attached hydrogens (tertiary/aromatic N) is 1.